The minimum Gasteiger partial charge on any atom is -0.338 e. The van der Waals surface area contributed by atoms with Crippen LogP contribution in [0.15, 0.2) is 34.9 Å². The van der Waals surface area contributed by atoms with Crippen LogP contribution in [-0.4, -0.2) is 23.0 Å². The summed E-state index contributed by atoms with van der Waals surface area (Å²) < 4.78 is 5.11. The van der Waals surface area contributed by atoms with E-state index in [0.29, 0.717) is 37.6 Å². The highest BCUT2D eigenvalue weighted by Crippen LogP contribution is 2.06. The number of aromatic nitrogens is 2. The molecule has 0 amide bonds. The number of nitrogens with one attached hydrogen (secondary N) is 1. The predicted octanol–water partition coefficient (Wildman–Crippen LogP) is 1.34. The van der Waals surface area contributed by atoms with Crippen molar-refractivity contribution in [1.82, 2.24) is 15.5 Å². The van der Waals surface area contributed by atoms with Crippen molar-refractivity contribution >= 4 is 6.29 Å². The molecule has 0 aliphatic carbocycles. The maximum atomic E-state index is 10.1. The van der Waals surface area contributed by atoms with Crippen molar-refractivity contribution in [2.24, 2.45) is 0 Å². The molecule has 0 atom stereocenters. The second-order valence-electron chi connectivity index (χ2n) is 3.90. The smallest absolute Gasteiger partial charge is 0.240 e. The Morgan fingerprint density at radius 3 is 2.89 bits per heavy atom. The molecule has 2 rings (SSSR count). The standard InChI is InChI=1S/C13H15N3O2/c17-8-4-7-14-10-13-15-12(16-18-13)9-11-5-2-1-3-6-11/h1-3,5-6,8,14H,4,7,9-10H2. The zero-order valence-corrected chi connectivity index (χ0v) is 10.0. The van der Waals surface area contributed by atoms with Crippen LogP contribution in [0, 0.1) is 0 Å². The zero-order chi connectivity index (χ0) is 12.6. The molecule has 0 spiro atoms. The summed E-state index contributed by atoms with van der Waals surface area (Å²) >= 11 is 0. The fraction of sp³-hybridized carbons (Fsp3) is 0.308. The van der Waals surface area contributed by atoms with Gasteiger partial charge in [-0.3, -0.25) is 0 Å². The molecule has 1 N–H and O–H groups in total. The Labute approximate surface area is 105 Å². The number of rotatable bonds is 7. The molecule has 1 aromatic heterocycles. The lowest BCUT2D eigenvalue weighted by molar-refractivity contribution is -0.107. The quantitative estimate of drug-likeness (QED) is 0.589. The summed E-state index contributed by atoms with van der Waals surface area (Å²) in [6.45, 7) is 1.12. The monoisotopic (exact) mass is 245 g/mol. The molecule has 0 fully saturated rings. The first-order chi connectivity index (χ1) is 8.88. The van der Waals surface area contributed by atoms with E-state index in [-0.39, 0.29) is 0 Å². The van der Waals surface area contributed by atoms with Gasteiger partial charge in [0.25, 0.3) is 0 Å². The Kier molecular flexibility index (Phi) is 4.60. The molecular formula is C13H15N3O2. The summed E-state index contributed by atoms with van der Waals surface area (Å²) in [5, 5.41) is 6.97. The van der Waals surface area contributed by atoms with Crippen LogP contribution < -0.4 is 5.32 Å². The molecule has 2 aromatic rings. The molecular weight excluding hydrogens is 230 g/mol. The molecule has 0 unspecified atom stereocenters. The van der Waals surface area contributed by atoms with Crippen molar-refractivity contribution in [3.05, 3.63) is 47.6 Å². The number of aldehydes is 1. The highest BCUT2D eigenvalue weighted by Gasteiger charge is 2.06. The summed E-state index contributed by atoms with van der Waals surface area (Å²) in [5.74, 6) is 1.22. The van der Waals surface area contributed by atoms with E-state index >= 15 is 0 Å². The maximum Gasteiger partial charge on any atom is 0.240 e. The topological polar surface area (TPSA) is 68.0 Å². The van der Waals surface area contributed by atoms with Crippen molar-refractivity contribution in [3.8, 4) is 0 Å². The number of nitrogens with zero attached hydrogens (tertiary/aromatic N) is 2. The average molecular weight is 245 g/mol. The van der Waals surface area contributed by atoms with Gasteiger partial charge >= 0.3 is 0 Å². The molecule has 18 heavy (non-hydrogen) atoms. The van der Waals surface area contributed by atoms with Gasteiger partial charge in [0.05, 0.1) is 6.54 Å². The molecule has 0 saturated carbocycles. The number of benzene rings is 1. The van der Waals surface area contributed by atoms with Gasteiger partial charge in [-0.05, 0) is 5.56 Å². The van der Waals surface area contributed by atoms with Gasteiger partial charge in [0.15, 0.2) is 5.82 Å². The second kappa shape index (κ2) is 6.66. The van der Waals surface area contributed by atoms with E-state index in [2.05, 4.69) is 15.5 Å². The highest BCUT2D eigenvalue weighted by atomic mass is 16.5. The summed E-state index contributed by atoms with van der Waals surface area (Å²) in [5.41, 5.74) is 1.15. The molecule has 0 aliphatic rings. The molecule has 0 saturated heterocycles. The highest BCUT2D eigenvalue weighted by molar-refractivity contribution is 5.49. The first-order valence-electron chi connectivity index (χ1n) is 5.88. The van der Waals surface area contributed by atoms with Gasteiger partial charge in [-0.15, -0.1) is 0 Å². The second-order valence-corrected chi connectivity index (χ2v) is 3.90. The van der Waals surface area contributed by atoms with Crippen LogP contribution in [0.4, 0.5) is 0 Å². The van der Waals surface area contributed by atoms with Crippen LogP contribution in [0.1, 0.15) is 23.7 Å². The molecule has 1 heterocycles. The fourth-order valence-corrected chi connectivity index (χ4v) is 1.57. The van der Waals surface area contributed by atoms with Crippen molar-refractivity contribution in [2.45, 2.75) is 19.4 Å². The van der Waals surface area contributed by atoms with E-state index in [4.69, 9.17) is 4.52 Å². The maximum absolute atomic E-state index is 10.1. The van der Waals surface area contributed by atoms with E-state index in [1.54, 1.807) is 0 Å². The van der Waals surface area contributed by atoms with E-state index in [1.165, 1.54) is 0 Å². The molecule has 1 aromatic carbocycles. The summed E-state index contributed by atoms with van der Waals surface area (Å²) in [4.78, 5) is 14.4. The molecule has 0 radical (unpaired) electrons. The van der Waals surface area contributed by atoms with Gasteiger partial charge in [-0.1, -0.05) is 35.5 Å². The first kappa shape index (κ1) is 12.4. The van der Waals surface area contributed by atoms with Gasteiger partial charge in [0, 0.05) is 19.4 Å². The van der Waals surface area contributed by atoms with Gasteiger partial charge in [-0.25, -0.2) is 0 Å². The third kappa shape index (κ3) is 3.78. The van der Waals surface area contributed by atoms with E-state index < -0.39 is 0 Å². The third-order valence-electron chi connectivity index (χ3n) is 2.43. The molecule has 0 bridgehead atoms. The van der Waals surface area contributed by atoms with Crippen LogP contribution >= 0.6 is 0 Å². The van der Waals surface area contributed by atoms with E-state index in [0.717, 1.165) is 11.8 Å². The van der Waals surface area contributed by atoms with Crippen LogP contribution in [0.5, 0.6) is 0 Å². The largest absolute Gasteiger partial charge is 0.338 e. The Bertz CT molecular complexity index is 482. The number of carbonyl (C=O) groups excluding carboxylic acids is 1. The van der Waals surface area contributed by atoms with Crippen LogP contribution in [0.2, 0.25) is 0 Å². The van der Waals surface area contributed by atoms with E-state index in [1.807, 2.05) is 30.3 Å². The van der Waals surface area contributed by atoms with Gasteiger partial charge < -0.3 is 14.6 Å². The average Bonchev–Trinajstić information content (AvgIpc) is 2.84. The Morgan fingerprint density at radius 1 is 1.28 bits per heavy atom. The normalized spacial score (nSPS) is 10.4. The van der Waals surface area contributed by atoms with Crippen molar-refractivity contribution in [1.29, 1.82) is 0 Å². The van der Waals surface area contributed by atoms with Crippen molar-refractivity contribution in [2.75, 3.05) is 6.54 Å². The van der Waals surface area contributed by atoms with Crippen LogP contribution in [0.3, 0.4) is 0 Å². The van der Waals surface area contributed by atoms with Gasteiger partial charge in [0.2, 0.25) is 5.89 Å². The zero-order valence-electron chi connectivity index (χ0n) is 10.0. The van der Waals surface area contributed by atoms with E-state index in [9.17, 15) is 4.79 Å². The SMILES string of the molecule is O=CCCNCc1nc(Cc2ccccc2)no1. The Morgan fingerprint density at radius 2 is 2.11 bits per heavy atom. The van der Waals surface area contributed by atoms with Crippen LogP contribution in [0.25, 0.3) is 0 Å². The fourth-order valence-electron chi connectivity index (χ4n) is 1.57. The molecule has 5 heteroatoms. The lowest BCUT2D eigenvalue weighted by Crippen LogP contribution is -2.15. The van der Waals surface area contributed by atoms with Gasteiger partial charge in [-0.2, -0.15) is 4.98 Å². The Balaban J connectivity index is 1.84. The summed E-state index contributed by atoms with van der Waals surface area (Å²) in [6, 6.07) is 9.99. The minimum atomic E-state index is 0.491. The Hall–Kier alpha value is -2.01. The van der Waals surface area contributed by atoms with Gasteiger partial charge in [0.1, 0.15) is 6.29 Å². The minimum absolute atomic E-state index is 0.491. The lowest BCUT2D eigenvalue weighted by Gasteiger charge is -1.96. The summed E-state index contributed by atoms with van der Waals surface area (Å²) in [7, 11) is 0. The van der Waals surface area contributed by atoms with Crippen LogP contribution in [-0.2, 0) is 17.8 Å². The predicted molar refractivity (Wildman–Crippen MR) is 65.9 cm³/mol. The summed E-state index contributed by atoms with van der Waals surface area (Å²) in [6.07, 6.45) is 2.03. The number of hydrogen-bond donors (Lipinski definition) is 1. The van der Waals surface area contributed by atoms with Crippen molar-refractivity contribution in [3.63, 3.8) is 0 Å². The third-order valence-corrected chi connectivity index (χ3v) is 2.43. The number of hydrogen-bond acceptors (Lipinski definition) is 5. The first-order valence-corrected chi connectivity index (χ1v) is 5.88. The lowest BCUT2D eigenvalue weighted by atomic mass is 10.1. The molecule has 94 valence electrons. The number of carbonyl (C=O) groups is 1. The molecule has 5 nitrogen and oxygen atoms in total. The van der Waals surface area contributed by atoms with Crippen molar-refractivity contribution < 1.29 is 9.32 Å². The molecule has 0 aliphatic heterocycles.